The molecule has 240 valence electrons. The van der Waals surface area contributed by atoms with Crippen molar-refractivity contribution < 1.29 is 45.7 Å². The van der Waals surface area contributed by atoms with Crippen LogP contribution < -0.4 is 10.6 Å². The summed E-state index contributed by atoms with van der Waals surface area (Å²) in [5.41, 5.74) is 0. The first kappa shape index (κ1) is 39.7. The summed E-state index contributed by atoms with van der Waals surface area (Å²) in [6.45, 7) is 16.1. The van der Waals surface area contributed by atoms with Crippen LogP contribution >= 0.6 is 0 Å². The summed E-state index contributed by atoms with van der Waals surface area (Å²) in [4.78, 5) is 47.5. The standard InChI is InChI=1S/C26H54N2O10Si3/c1-11-35-25(31)20-24(26(32)36-12-2)28-15-13-17-39(7,8)37-40(9,10)38-41(33-5,34-6)18-14-16-27-23(22(4)30)19-21(3)29/h23-24,27-28H,11-20H2,1-10H3. The first-order valence-corrected chi connectivity index (χ1v) is 22.2. The Kier molecular flexibility index (Phi) is 19.2. The summed E-state index contributed by atoms with van der Waals surface area (Å²) >= 11 is 0. The molecule has 0 bridgehead atoms. The summed E-state index contributed by atoms with van der Waals surface area (Å²) in [6, 6.07) is 0.0730. The highest BCUT2D eigenvalue weighted by Crippen LogP contribution is 2.27. The van der Waals surface area contributed by atoms with Gasteiger partial charge >= 0.3 is 29.3 Å². The monoisotopic (exact) mass is 638 g/mol. The molecule has 0 aliphatic carbocycles. The van der Waals surface area contributed by atoms with Crippen LogP contribution in [-0.4, -0.2) is 102 Å². The minimum Gasteiger partial charge on any atom is -0.466 e. The average molecular weight is 639 g/mol. The predicted molar refractivity (Wildman–Crippen MR) is 163 cm³/mol. The van der Waals surface area contributed by atoms with E-state index >= 15 is 0 Å². The highest BCUT2D eigenvalue weighted by atomic mass is 28.5. The normalized spacial score (nSPS) is 13.9. The van der Waals surface area contributed by atoms with Crippen LogP contribution in [0.1, 0.15) is 53.4 Å². The first-order chi connectivity index (χ1) is 19.1. The molecule has 0 radical (unpaired) electrons. The van der Waals surface area contributed by atoms with Crippen LogP contribution in [0, 0.1) is 0 Å². The van der Waals surface area contributed by atoms with Crippen LogP contribution in [0.5, 0.6) is 0 Å². The number of nitrogens with one attached hydrogen (secondary N) is 2. The summed E-state index contributed by atoms with van der Waals surface area (Å²) < 4.78 is 34.8. The molecule has 0 aromatic rings. The van der Waals surface area contributed by atoms with Crippen molar-refractivity contribution in [2.75, 3.05) is 40.5 Å². The lowest BCUT2D eigenvalue weighted by Crippen LogP contribution is -2.57. The topological polar surface area (TPSA) is 148 Å². The van der Waals surface area contributed by atoms with E-state index in [4.69, 9.17) is 26.6 Å². The third-order valence-electron chi connectivity index (χ3n) is 6.17. The zero-order valence-electron chi connectivity index (χ0n) is 26.8. The molecule has 0 fully saturated rings. The maximum absolute atomic E-state index is 12.3. The van der Waals surface area contributed by atoms with E-state index in [1.807, 2.05) is 13.1 Å². The zero-order chi connectivity index (χ0) is 31.7. The molecule has 0 aliphatic rings. The summed E-state index contributed by atoms with van der Waals surface area (Å²) in [6.07, 6.45) is 1.46. The van der Waals surface area contributed by atoms with Crippen LogP contribution in [0.25, 0.3) is 0 Å². The molecule has 0 saturated heterocycles. The minimum absolute atomic E-state index is 0.0403. The second-order valence-corrected chi connectivity index (χ2v) is 22.1. The fourth-order valence-electron chi connectivity index (χ4n) is 4.42. The van der Waals surface area contributed by atoms with Gasteiger partial charge in [-0.25, -0.2) is 0 Å². The zero-order valence-corrected chi connectivity index (χ0v) is 29.8. The third kappa shape index (κ3) is 17.4. The Morgan fingerprint density at radius 2 is 1.27 bits per heavy atom. The van der Waals surface area contributed by atoms with E-state index in [1.54, 1.807) is 28.1 Å². The van der Waals surface area contributed by atoms with Gasteiger partial charge in [-0.1, -0.05) is 0 Å². The average Bonchev–Trinajstić information content (AvgIpc) is 2.86. The maximum Gasteiger partial charge on any atom is 0.491 e. The van der Waals surface area contributed by atoms with Gasteiger partial charge in [0.2, 0.25) is 0 Å². The Balaban J connectivity index is 5.00. The summed E-state index contributed by atoms with van der Waals surface area (Å²) in [5.74, 6) is -1.03. The lowest BCUT2D eigenvalue weighted by molar-refractivity contribution is -0.152. The van der Waals surface area contributed by atoms with E-state index in [-0.39, 0.29) is 37.6 Å². The molecule has 0 amide bonds. The largest absolute Gasteiger partial charge is 0.491 e. The second kappa shape index (κ2) is 19.8. The van der Waals surface area contributed by atoms with Gasteiger partial charge in [0.05, 0.1) is 25.7 Å². The van der Waals surface area contributed by atoms with Crippen molar-refractivity contribution in [2.45, 2.75) is 104 Å². The third-order valence-corrected chi connectivity index (χ3v) is 17.3. The Hall–Kier alpha value is -1.31. The lowest BCUT2D eigenvalue weighted by Gasteiger charge is -2.39. The van der Waals surface area contributed by atoms with Gasteiger partial charge in [-0.15, -0.1) is 0 Å². The van der Waals surface area contributed by atoms with Gasteiger partial charge in [-0.2, -0.15) is 0 Å². The van der Waals surface area contributed by atoms with Gasteiger partial charge in [0.25, 0.3) is 0 Å². The molecule has 0 aliphatic heterocycles. The van der Waals surface area contributed by atoms with Crippen molar-refractivity contribution in [2.24, 2.45) is 0 Å². The van der Waals surface area contributed by atoms with E-state index in [0.717, 1.165) is 12.5 Å². The number of Topliss-reactive ketones (excluding diaryl/α,β-unsaturated/α-hetero) is 2. The molecule has 0 saturated carbocycles. The van der Waals surface area contributed by atoms with Gasteiger partial charge in [-0.3, -0.25) is 19.2 Å². The SMILES string of the molecule is CCOC(=O)CC(NCCC[Si](C)(C)O[Si](C)(C)O[Si](CCCNC(CC(C)=O)C(C)=O)(OC)OC)C(=O)OCC. The molecule has 12 nitrogen and oxygen atoms in total. The van der Waals surface area contributed by atoms with Crippen LogP contribution in [0.4, 0.5) is 0 Å². The predicted octanol–water partition coefficient (Wildman–Crippen LogP) is 2.94. The molecule has 2 unspecified atom stereocenters. The molecule has 0 spiro atoms. The van der Waals surface area contributed by atoms with Gasteiger partial charge in [-0.05, 0) is 85.9 Å². The number of carbonyl (C=O) groups is 4. The van der Waals surface area contributed by atoms with E-state index < -0.39 is 49.7 Å². The minimum atomic E-state index is -3.05. The molecule has 0 heterocycles. The fraction of sp³-hybridized carbons (Fsp3) is 0.846. The molecule has 41 heavy (non-hydrogen) atoms. The van der Waals surface area contributed by atoms with Gasteiger partial charge in [0.1, 0.15) is 17.6 Å². The van der Waals surface area contributed by atoms with Gasteiger partial charge in [0, 0.05) is 26.7 Å². The number of rotatable bonds is 24. The first-order valence-electron chi connectivity index (χ1n) is 14.4. The Labute approximate surface area is 249 Å². The second-order valence-electron chi connectivity index (χ2n) is 11.0. The molecule has 2 N–H and O–H groups in total. The van der Waals surface area contributed by atoms with Crippen molar-refractivity contribution in [3.05, 3.63) is 0 Å². The fourth-order valence-corrected chi connectivity index (χ4v) is 17.0. The van der Waals surface area contributed by atoms with Crippen LogP contribution in [-0.2, 0) is 45.7 Å². The van der Waals surface area contributed by atoms with E-state index in [9.17, 15) is 19.2 Å². The number of ketones is 2. The van der Waals surface area contributed by atoms with Crippen molar-refractivity contribution in [1.29, 1.82) is 0 Å². The van der Waals surface area contributed by atoms with E-state index in [1.165, 1.54) is 13.8 Å². The summed E-state index contributed by atoms with van der Waals surface area (Å²) in [5, 5.41) is 6.28. The molecule has 0 aromatic carbocycles. The van der Waals surface area contributed by atoms with E-state index in [0.29, 0.717) is 25.6 Å². The molecular weight excluding hydrogens is 585 g/mol. The van der Waals surface area contributed by atoms with Gasteiger partial charge in [0.15, 0.2) is 8.32 Å². The number of carbonyl (C=O) groups excluding carboxylic acids is 4. The number of ether oxygens (including phenoxy) is 2. The van der Waals surface area contributed by atoms with Crippen LogP contribution in [0.3, 0.4) is 0 Å². The maximum atomic E-state index is 12.3. The molecule has 0 rings (SSSR count). The van der Waals surface area contributed by atoms with Crippen molar-refractivity contribution in [3.63, 3.8) is 0 Å². The smallest absolute Gasteiger partial charge is 0.466 e. The van der Waals surface area contributed by atoms with Crippen molar-refractivity contribution >= 4 is 49.2 Å². The number of hydrogen-bond acceptors (Lipinski definition) is 12. The number of esters is 2. The highest BCUT2D eigenvalue weighted by molar-refractivity contribution is 6.85. The Bertz CT molecular complexity index is 825. The van der Waals surface area contributed by atoms with E-state index in [2.05, 4.69) is 23.7 Å². The van der Waals surface area contributed by atoms with Crippen molar-refractivity contribution in [1.82, 2.24) is 10.6 Å². The van der Waals surface area contributed by atoms with Gasteiger partial charge < -0.3 is 37.2 Å². The Morgan fingerprint density at radius 1 is 0.732 bits per heavy atom. The molecular formula is C26H54N2O10Si3. The molecule has 0 aromatic heterocycles. The number of hydrogen-bond donors (Lipinski definition) is 2. The van der Waals surface area contributed by atoms with Crippen LogP contribution in [0.15, 0.2) is 0 Å². The summed E-state index contributed by atoms with van der Waals surface area (Å²) in [7, 11) is -4.76. The molecule has 15 heteroatoms. The van der Waals surface area contributed by atoms with Crippen molar-refractivity contribution in [3.8, 4) is 0 Å². The highest BCUT2D eigenvalue weighted by Gasteiger charge is 2.47. The quantitative estimate of drug-likeness (QED) is 0.0910. The Morgan fingerprint density at radius 3 is 1.76 bits per heavy atom. The lowest BCUT2D eigenvalue weighted by atomic mass is 10.1. The van der Waals surface area contributed by atoms with Crippen LogP contribution in [0.2, 0.25) is 38.3 Å². The molecule has 2 atom stereocenters.